The van der Waals surface area contributed by atoms with Crippen LogP contribution in [0, 0.1) is 5.92 Å². The minimum Gasteiger partial charge on any atom is -0.210 e. The zero-order valence-electron chi connectivity index (χ0n) is 9.95. The first-order valence-electron chi connectivity index (χ1n) is 5.32. The lowest BCUT2D eigenvalue weighted by Gasteiger charge is -2.14. The van der Waals surface area contributed by atoms with E-state index in [1.165, 1.54) is 18.2 Å². The summed E-state index contributed by atoms with van der Waals surface area (Å²) in [6.45, 7) is 4.00. The Bertz CT molecular complexity index is 497. The summed E-state index contributed by atoms with van der Waals surface area (Å²) >= 11 is 17.5. The van der Waals surface area contributed by atoms with E-state index in [9.17, 15) is 8.42 Å². The van der Waals surface area contributed by atoms with Gasteiger partial charge in [-0.1, -0.05) is 37.0 Å². The van der Waals surface area contributed by atoms with Crippen molar-refractivity contribution in [2.24, 2.45) is 5.92 Å². The summed E-state index contributed by atoms with van der Waals surface area (Å²) in [5.74, 6) is 0.178. The summed E-state index contributed by atoms with van der Waals surface area (Å²) in [6, 6.07) is 4.16. The second-order valence-corrected chi connectivity index (χ2v) is 7.42. The minimum absolute atomic E-state index is 0.0348. The second-order valence-electron chi connectivity index (χ2n) is 4.22. The molecule has 0 heterocycles. The number of nitrogens with one attached hydrogen (secondary N) is 1. The van der Waals surface area contributed by atoms with E-state index in [4.69, 9.17) is 34.8 Å². The third kappa shape index (κ3) is 4.59. The molecule has 0 saturated heterocycles. The fourth-order valence-corrected chi connectivity index (χ4v) is 3.15. The van der Waals surface area contributed by atoms with Gasteiger partial charge >= 0.3 is 0 Å². The van der Waals surface area contributed by atoms with Crippen molar-refractivity contribution >= 4 is 44.8 Å². The van der Waals surface area contributed by atoms with Crippen LogP contribution in [0.15, 0.2) is 23.1 Å². The van der Waals surface area contributed by atoms with Gasteiger partial charge in [-0.2, -0.15) is 0 Å². The van der Waals surface area contributed by atoms with Crippen LogP contribution in [0.25, 0.3) is 0 Å². The summed E-state index contributed by atoms with van der Waals surface area (Å²) < 4.78 is 26.4. The van der Waals surface area contributed by atoms with E-state index >= 15 is 0 Å². The average molecular weight is 331 g/mol. The first-order valence-corrected chi connectivity index (χ1v) is 8.00. The van der Waals surface area contributed by atoms with E-state index < -0.39 is 10.0 Å². The van der Waals surface area contributed by atoms with Crippen molar-refractivity contribution in [3.05, 3.63) is 28.2 Å². The average Bonchev–Trinajstić information content (AvgIpc) is 2.24. The topological polar surface area (TPSA) is 46.2 Å². The maximum atomic E-state index is 12.0. The molecular formula is C11H14Cl3NO2S. The minimum atomic E-state index is -3.64. The van der Waals surface area contributed by atoms with Gasteiger partial charge in [0.25, 0.3) is 0 Å². The zero-order valence-corrected chi connectivity index (χ0v) is 13.0. The summed E-state index contributed by atoms with van der Waals surface area (Å²) in [7, 11) is -3.64. The monoisotopic (exact) mass is 329 g/mol. The van der Waals surface area contributed by atoms with Crippen LogP contribution in [0.3, 0.4) is 0 Å². The largest absolute Gasteiger partial charge is 0.240 e. The van der Waals surface area contributed by atoms with Crippen molar-refractivity contribution < 1.29 is 8.42 Å². The van der Waals surface area contributed by atoms with Crippen LogP contribution in [-0.4, -0.2) is 20.3 Å². The number of halogens is 3. The number of rotatable bonds is 5. The fourth-order valence-electron chi connectivity index (χ4n) is 1.19. The van der Waals surface area contributed by atoms with Gasteiger partial charge < -0.3 is 0 Å². The normalized spacial score (nSPS) is 13.9. The smallest absolute Gasteiger partial charge is 0.210 e. The lowest BCUT2D eigenvalue weighted by Crippen LogP contribution is -2.32. The molecule has 0 aliphatic rings. The van der Waals surface area contributed by atoms with Crippen LogP contribution in [0.1, 0.15) is 13.8 Å². The molecule has 0 spiro atoms. The summed E-state index contributed by atoms with van der Waals surface area (Å²) in [5.41, 5.74) is 0. The third-order valence-electron chi connectivity index (χ3n) is 2.34. The van der Waals surface area contributed by atoms with Crippen LogP contribution >= 0.6 is 34.8 Å². The molecule has 0 fully saturated rings. The standard InChI is InChI=1S/C11H14Cl3NO2S/c1-7(2)11(14)6-15-18(16,17)10-4-8(12)3-9(13)5-10/h3-5,7,11,15H,6H2,1-2H3. The number of hydrogen-bond acceptors (Lipinski definition) is 2. The van der Waals surface area contributed by atoms with Gasteiger partial charge in [0, 0.05) is 22.0 Å². The van der Waals surface area contributed by atoms with E-state index in [1.807, 2.05) is 13.8 Å². The quantitative estimate of drug-likeness (QED) is 0.839. The molecule has 0 aliphatic carbocycles. The molecule has 0 amide bonds. The first kappa shape index (κ1) is 16.1. The number of hydrogen-bond donors (Lipinski definition) is 1. The maximum absolute atomic E-state index is 12.0. The molecule has 0 aliphatic heterocycles. The lowest BCUT2D eigenvalue weighted by atomic mass is 10.1. The molecule has 7 heteroatoms. The Morgan fingerprint density at radius 2 is 1.67 bits per heavy atom. The van der Waals surface area contributed by atoms with Gasteiger partial charge in [0.15, 0.2) is 0 Å². The SMILES string of the molecule is CC(C)C(Cl)CNS(=O)(=O)c1cc(Cl)cc(Cl)c1. The Kier molecular flexibility index (Phi) is 5.74. The van der Waals surface area contributed by atoms with Crippen LogP contribution < -0.4 is 4.72 Å². The van der Waals surface area contributed by atoms with E-state index in [0.29, 0.717) is 0 Å². The summed E-state index contributed by atoms with van der Waals surface area (Å²) in [6.07, 6.45) is 0. The number of sulfonamides is 1. The molecule has 1 unspecified atom stereocenters. The molecule has 3 nitrogen and oxygen atoms in total. The van der Waals surface area contributed by atoms with Gasteiger partial charge in [0.05, 0.1) is 4.90 Å². The van der Waals surface area contributed by atoms with E-state index in [0.717, 1.165) is 0 Å². The molecule has 102 valence electrons. The van der Waals surface area contributed by atoms with Crippen molar-refractivity contribution in [1.82, 2.24) is 4.72 Å². The highest BCUT2D eigenvalue weighted by molar-refractivity contribution is 7.89. The molecular weight excluding hydrogens is 317 g/mol. The Hall–Kier alpha value is -0.000000000000000111. The van der Waals surface area contributed by atoms with Gasteiger partial charge in [-0.3, -0.25) is 0 Å². The summed E-state index contributed by atoms with van der Waals surface area (Å²) in [4.78, 5) is 0.0348. The van der Waals surface area contributed by atoms with E-state index in [-0.39, 0.29) is 32.8 Å². The highest BCUT2D eigenvalue weighted by Gasteiger charge is 2.18. The molecule has 0 bridgehead atoms. The predicted octanol–water partition coefficient (Wildman–Crippen LogP) is 3.54. The van der Waals surface area contributed by atoms with Gasteiger partial charge in [-0.05, 0) is 24.1 Å². The molecule has 1 atom stereocenters. The molecule has 0 saturated carbocycles. The van der Waals surface area contributed by atoms with Gasteiger partial charge in [-0.25, -0.2) is 13.1 Å². The predicted molar refractivity (Wildman–Crippen MR) is 76.1 cm³/mol. The van der Waals surface area contributed by atoms with Crippen LogP contribution in [0.4, 0.5) is 0 Å². The van der Waals surface area contributed by atoms with Gasteiger partial charge in [0.2, 0.25) is 10.0 Å². The Labute approximate surface area is 122 Å². The van der Waals surface area contributed by atoms with Crippen molar-refractivity contribution in [2.45, 2.75) is 24.1 Å². The second kappa shape index (κ2) is 6.44. The molecule has 1 aromatic carbocycles. The molecule has 0 radical (unpaired) electrons. The lowest BCUT2D eigenvalue weighted by molar-refractivity contribution is 0.556. The highest BCUT2D eigenvalue weighted by Crippen LogP contribution is 2.22. The molecule has 1 rings (SSSR count). The highest BCUT2D eigenvalue weighted by atomic mass is 35.5. The maximum Gasteiger partial charge on any atom is 0.240 e. The molecule has 1 aromatic rings. The Morgan fingerprint density at radius 1 is 1.17 bits per heavy atom. The van der Waals surface area contributed by atoms with Crippen molar-refractivity contribution in [3.8, 4) is 0 Å². The Balaban J connectivity index is 2.86. The van der Waals surface area contributed by atoms with Gasteiger partial charge in [-0.15, -0.1) is 11.6 Å². The first-order chi connectivity index (χ1) is 8.22. The Morgan fingerprint density at radius 3 is 2.11 bits per heavy atom. The van der Waals surface area contributed by atoms with Crippen LogP contribution in [-0.2, 0) is 10.0 Å². The van der Waals surface area contributed by atoms with Gasteiger partial charge in [0.1, 0.15) is 0 Å². The van der Waals surface area contributed by atoms with E-state index in [1.54, 1.807) is 0 Å². The van der Waals surface area contributed by atoms with Crippen LogP contribution in [0.2, 0.25) is 10.0 Å². The molecule has 1 N–H and O–H groups in total. The number of benzene rings is 1. The number of alkyl halides is 1. The van der Waals surface area contributed by atoms with Crippen molar-refractivity contribution in [2.75, 3.05) is 6.54 Å². The molecule has 18 heavy (non-hydrogen) atoms. The van der Waals surface area contributed by atoms with Crippen molar-refractivity contribution in [3.63, 3.8) is 0 Å². The molecule has 0 aromatic heterocycles. The fraction of sp³-hybridized carbons (Fsp3) is 0.455. The van der Waals surface area contributed by atoms with Crippen molar-refractivity contribution in [1.29, 1.82) is 0 Å². The third-order valence-corrected chi connectivity index (χ3v) is 4.84. The van der Waals surface area contributed by atoms with E-state index in [2.05, 4.69) is 4.72 Å². The zero-order chi connectivity index (χ0) is 13.9. The van der Waals surface area contributed by atoms with Crippen LogP contribution in [0.5, 0.6) is 0 Å². The summed E-state index contributed by atoms with van der Waals surface area (Å²) in [5, 5.41) is 0.276.